The van der Waals surface area contributed by atoms with Crippen LogP contribution in [0.4, 0.5) is 0 Å². The Morgan fingerprint density at radius 2 is 1.62 bits per heavy atom. The first kappa shape index (κ1) is 19.4. The van der Waals surface area contributed by atoms with Crippen LogP contribution in [0.3, 0.4) is 0 Å². The number of rotatable bonds is 6. The molecule has 0 saturated carbocycles. The molecule has 0 spiro atoms. The molecule has 0 N–H and O–H groups in total. The number of carbonyl (C=O) groups is 2. The van der Waals surface area contributed by atoms with Crippen LogP contribution < -0.4 is 9.47 Å². The molecule has 0 radical (unpaired) electrons. The van der Waals surface area contributed by atoms with E-state index in [0.717, 1.165) is 19.6 Å². The lowest BCUT2D eigenvalue weighted by molar-refractivity contribution is -0.132. The van der Waals surface area contributed by atoms with E-state index in [2.05, 4.69) is 9.88 Å². The van der Waals surface area contributed by atoms with Gasteiger partial charge in [0.1, 0.15) is 13.2 Å². The second kappa shape index (κ2) is 9.05. The van der Waals surface area contributed by atoms with E-state index in [-0.39, 0.29) is 24.5 Å². The molecule has 0 bridgehead atoms. The molecule has 1 fully saturated rings. The number of carbonyl (C=O) groups excluding carboxylic acids is 2. The Kier molecular flexibility index (Phi) is 6.05. The van der Waals surface area contributed by atoms with Crippen molar-refractivity contribution >= 4 is 11.7 Å². The average Bonchev–Trinajstić information content (AvgIpc) is 2.78. The summed E-state index contributed by atoms with van der Waals surface area (Å²) < 4.78 is 11.0. The van der Waals surface area contributed by atoms with Gasteiger partial charge in [-0.05, 0) is 35.9 Å². The summed E-state index contributed by atoms with van der Waals surface area (Å²) in [6.45, 7) is 4.94. The van der Waals surface area contributed by atoms with Gasteiger partial charge in [-0.3, -0.25) is 19.5 Å². The number of fused-ring (bicyclic) bond motifs is 1. The van der Waals surface area contributed by atoms with Crippen LogP contribution in [0, 0.1) is 0 Å². The zero-order valence-electron chi connectivity index (χ0n) is 16.4. The Balaban J connectivity index is 1.23. The minimum Gasteiger partial charge on any atom is -0.486 e. The van der Waals surface area contributed by atoms with Gasteiger partial charge in [0, 0.05) is 63.5 Å². The van der Waals surface area contributed by atoms with Crippen molar-refractivity contribution in [3.63, 3.8) is 0 Å². The lowest BCUT2D eigenvalue weighted by atomic mass is 10.1. The maximum absolute atomic E-state index is 12.5. The molecule has 0 unspecified atom stereocenters. The van der Waals surface area contributed by atoms with Crippen LogP contribution in [0.25, 0.3) is 0 Å². The molecule has 4 rings (SSSR count). The largest absolute Gasteiger partial charge is 0.486 e. The Bertz CT molecular complexity index is 864. The van der Waals surface area contributed by atoms with Gasteiger partial charge in [-0.25, -0.2) is 0 Å². The second-order valence-electron chi connectivity index (χ2n) is 7.29. The maximum Gasteiger partial charge on any atom is 0.223 e. The fraction of sp³-hybridized carbons (Fsp3) is 0.409. The van der Waals surface area contributed by atoms with E-state index in [1.165, 1.54) is 5.56 Å². The number of ether oxygens (including phenoxy) is 2. The van der Waals surface area contributed by atoms with Crippen LogP contribution in [0.5, 0.6) is 11.5 Å². The SMILES string of the molecule is O=C(CCC(=O)N1CCN(Cc2ccncc2)CC1)c1ccc2c(c1)OCCO2. The van der Waals surface area contributed by atoms with Crippen LogP contribution in [0.1, 0.15) is 28.8 Å². The molecule has 0 aliphatic carbocycles. The van der Waals surface area contributed by atoms with E-state index in [0.29, 0.717) is 43.4 Å². The summed E-state index contributed by atoms with van der Waals surface area (Å²) in [6.07, 6.45) is 4.04. The standard InChI is InChI=1S/C22H25N3O4/c26-19(18-1-3-20-21(15-18)29-14-13-28-20)2-4-22(27)25-11-9-24(10-12-25)16-17-5-7-23-8-6-17/h1,3,5-8,15H,2,4,9-14,16H2. The van der Waals surface area contributed by atoms with Crippen molar-refractivity contribution in [2.24, 2.45) is 0 Å². The van der Waals surface area contributed by atoms with Gasteiger partial charge in [-0.1, -0.05) is 0 Å². The van der Waals surface area contributed by atoms with Gasteiger partial charge in [0.2, 0.25) is 5.91 Å². The summed E-state index contributed by atoms with van der Waals surface area (Å²) in [4.78, 5) is 33.3. The molecule has 0 atom stereocenters. The number of aromatic nitrogens is 1. The molecule has 1 aromatic heterocycles. The normalized spacial score (nSPS) is 16.5. The molecule has 2 aromatic rings. The molecule has 7 nitrogen and oxygen atoms in total. The van der Waals surface area contributed by atoms with E-state index in [1.54, 1.807) is 30.6 Å². The lowest BCUT2D eigenvalue weighted by Crippen LogP contribution is -2.48. The molecule has 2 aliphatic heterocycles. The van der Waals surface area contributed by atoms with Crippen LogP contribution in [-0.2, 0) is 11.3 Å². The number of pyridine rings is 1. The Labute approximate surface area is 170 Å². The van der Waals surface area contributed by atoms with Gasteiger partial charge in [0.15, 0.2) is 17.3 Å². The molecule has 1 saturated heterocycles. The Hall–Kier alpha value is -2.93. The highest BCUT2D eigenvalue weighted by Gasteiger charge is 2.22. The molecule has 29 heavy (non-hydrogen) atoms. The lowest BCUT2D eigenvalue weighted by Gasteiger charge is -2.34. The molecule has 152 valence electrons. The maximum atomic E-state index is 12.5. The zero-order chi connectivity index (χ0) is 20.1. The molecular weight excluding hydrogens is 370 g/mol. The first-order valence-electron chi connectivity index (χ1n) is 10.0. The van der Waals surface area contributed by atoms with E-state index < -0.39 is 0 Å². The van der Waals surface area contributed by atoms with Gasteiger partial charge in [0.25, 0.3) is 0 Å². The summed E-state index contributed by atoms with van der Waals surface area (Å²) >= 11 is 0. The molecule has 1 amide bonds. The number of piperazine rings is 1. The summed E-state index contributed by atoms with van der Waals surface area (Å²) in [5, 5.41) is 0. The molecular formula is C22H25N3O4. The predicted molar refractivity (Wildman–Crippen MR) is 107 cm³/mol. The first-order valence-corrected chi connectivity index (χ1v) is 10.0. The van der Waals surface area contributed by atoms with Crippen molar-refractivity contribution < 1.29 is 19.1 Å². The van der Waals surface area contributed by atoms with E-state index in [9.17, 15) is 9.59 Å². The monoisotopic (exact) mass is 395 g/mol. The quantitative estimate of drug-likeness (QED) is 0.698. The average molecular weight is 395 g/mol. The van der Waals surface area contributed by atoms with Crippen LogP contribution in [0.2, 0.25) is 0 Å². The molecule has 1 aromatic carbocycles. The van der Waals surface area contributed by atoms with Crippen LogP contribution in [-0.4, -0.2) is 65.9 Å². The highest BCUT2D eigenvalue weighted by molar-refractivity contribution is 5.98. The first-order chi connectivity index (χ1) is 14.2. The van der Waals surface area contributed by atoms with Gasteiger partial charge in [0.05, 0.1) is 0 Å². The third-order valence-electron chi connectivity index (χ3n) is 5.31. The van der Waals surface area contributed by atoms with Crippen LogP contribution >= 0.6 is 0 Å². The highest BCUT2D eigenvalue weighted by atomic mass is 16.6. The number of Topliss-reactive ketones (excluding diaryl/α,β-unsaturated/α-hetero) is 1. The van der Waals surface area contributed by atoms with Crippen molar-refractivity contribution in [1.82, 2.24) is 14.8 Å². The second-order valence-corrected chi connectivity index (χ2v) is 7.29. The number of ketones is 1. The van der Waals surface area contributed by atoms with Gasteiger partial charge in [-0.15, -0.1) is 0 Å². The van der Waals surface area contributed by atoms with Crippen molar-refractivity contribution in [1.29, 1.82) is 0 Å². The number of hydrogen-bond donors (Lipinski definition) is 0. The third kappa shape index (κ3) is 4.92. The Morgan fingerprint density at radius 1 is 0.897 bits per heavy atom. The minimum absolute atomic E-state index is 0.0412. The highest BCUT2D eigenvalue weighted by Crippen LogP contribution is 2.31. The number of hydrogen-bond acceptors (Lipinski definition) is 6. The minimum atomic E-state index is -0.0494. The van der Waals surface area contributed by atoms with Gasteiger partial charge >= 0.3 is 0 Å². The number of amides is 1. The topological polar surface area (TPSA) is 72.0 Å². The summed E-state index contributed by atoms with van der Waals surface area (Å²) in [5.74, 6) is 1.25. The number of nitrogens with zero attached hydrogens (tertiary/aromatic N) is 3. The molecule has 7 heteroatoms. The summed E-state index contributed by atoms with van der Waals surface area (Å²) in [7, 11) is 0. The van der Waals surface area contributed by atoms with Crippen molar-refractivity contribution in [2.45, 2.75) is 19.4 Å². The summed E-state index contributed by atoms with van der Waals surface area (Å²) in [5.41, 5.74) is 1.79. The van der Waals surface area contributed by atoms with Crippen molar-refractivity contribution in [3.8, 4) is 11.5 Å². The van der Waals surface area contributed by atoms with E-state index >= 15 is 0 Å². The molecule has 3 heterocycles. The summed E-state index contributed by atoms with van der Waals surface area (Å²) in [6, 6.07) is 9.23. The van der Waals surface area contributed by atoms with Crippen molar-refractivity contribution in [3.05, 3.63) is 53.9 Å². The van der Waals surface area contributed by atoms with E-state index in [1.807, 2.05) is 17.0 Å². The van der Waals surface area contributed by atoms with Crippen LogP contribution in [0.15, 0.2) is 42.7 Å². The van der Waals surface area contributed by atoms with E-state index in [4.69, 9.17) is 9.47 Å². The zero-order valence-corrected chi connectivity index (χ0v) is 16.4. The predicted octanol–water partition coefficient (Wildman–Crippen LogP) is 2.16. The van der Waals surface area contributed by atoms with Crippen molar-refractivity contribution in [2.75, 3.05) is 39.4 Å². The fourth-order valence-electron chi connectivity index (χ4n) is 3.64. The number of benzene rings is 1. The fourth-order valence-corrected chi connectivity index (χ4v) is 3.64. The molecule has 2 aliphatic rings. The Morgan fingerprint density at radius 3 is 2.38 bits per heavy atom. The third-order valence-corrected chi connectivity index (χ3v) is 5.31. The van der Waals surface area contributed by atoms with Gasteiger partial charge in [-0.2, -0.15) is 0 Å². The van der Waals surface area contributed by atoms with Gasteiger partial charge < -0.3 is 14.4 Å². The smallest absolute Gasteiger partial charge is 0.223 e.